The predicted octanol–water partition coefficient (Wildman–Crippen LogP) is 3.26. The smallest absolute Gasteiger partial charge is 0.159 e. The molecule has 0 aliphatic heterocycles. The minimum absolute atomic E-state index is 0.0604. The van der Waals surface area contributed by atoms with Gasteiger partial charge in [-0.05, 0) is 29.8 Å². The van der Waals surface area contributed by atoms with E-state index in [4.69, 9.17) is 4.74 Å². The molecule has 112 valence electrons. The molecule has 0 saturated carbocycles. The van der Waals surface area contributed by atoms with Crippen LogP contribution in [0.4, 0.5) is 18.9 Å². The molecule has 6 heteroatoms. The molecular weight excluding hydrogens is 283 g/mol. The molecule has 0 fully saturated rings. The van der Waals surface area contributed by atoms with E-state index in [2.05, 4.69) is 5.32 Å². The van der Waals surface area contributed by atoms with Crippen LogP contribution in [0.25, 0.3) is 0 Å². The van der Waals surface area contributed by atoms with Gasteiger partial charge in [0.25, 0.3) is 0 Å². The van der Waals surface area contributed by atoms with Gasteiger partial charge in [-0.3, -0.25) is 0 Å². The van der Waals surface area contributed by atoms with Crippen molar-refractivity contribution in [3.63, 3.8) is 0 Å². The summed E-state index contributed by atoms with van der Waals surface area (Å²) in [4.78, 5) is 0. The lowest BCUT2D eigenvalue weighted by molar-refractivity contribution is 0.191. The number of methoxy groups -OCH3 is 1. The van der Waals surface area contributed by atoms with E-state index in [0.717, 1.165) is 12.1 Å². The highest BCUT2D eigenvalue weighted by Crippen LogP contribution is 2.23. The summed E-state index contributed by atoms with van der Waals surface area (Å²) < 4.78 is 44.4. The van der Waals surface area contributed by atoms with E-state index in [9.17, 15) is 18.3 Å². The topological polar surface area (TPSA) is 41.5 Å². The quantitative estimate of drug-likeness (QED) is 0.890. The average molecular weight is 297 g/mol. The Labute approximate surface area is 120 Å². The van der Waals surface area contributed by atoms with Crippen LogP contribution in [0.5, 0.6) is 5.75 Å². The summed E-state index contributed by atoms with van der Waals surface area (Å²) in [7, 11) is 1.45. The lowest BCUT2D eigenvalue weighted by Crippen LogP contribution is -2.13. The summed E-state index contributed by atoms with van der Waals surface area (Å²) in [6.45, 7) is -0.0604. The fourth-order valence-corrected chi connectivity index (χ4v) is 1.81. The minimum atomic E-state index is -1.11. The fourth-order valence-electron chi connectivity index (χ4n) is 1.81. The van der Waals surface area contributed by atoms with Crippen molar-refractivity contribution < 1.29 is 23.0 Å². The Kier molecular flexibility index (Phi) is 4.70. The van der Waals surface area contributed by atoms with E-state index in [0.29, 0.717) is 5.75 Å². The second kappa shape index (κ2) is 6.49. The zero-order valence-electron chi connectivity index (χ0n) is 11.2. The normalized spacial score (nSPS) is 12.0. The molecule has 2 aromatic carbocycles. The van der Waals surface area contributed by atoms with E-state index >= 15 is 0 Å². The standard InChI is InChI=1S/C15H14F3NO2/c1-21-10-3-5-12(17)14(7-10)19-8-15(20)9-2-4-11(16)13(18)6-9/h2-7,15,19-20H,8H2,1H3. The fraction of sp³-hybridized carbons (Fsp3) is 0.200. The minimum Gasteiger partial charge on any atom is -0.497 e. The van der Waals surface area contributed by atoms with Gasteiger partial charge in [-0.25, -0.2) is 13.2 Å². The summed E-state index contributed by atoms with van der Waals surface area (Å²) in [6, 6.07) is 7.24. The summed E-state index contributed by atoms with van der Waals surface area (Å²) >= 11 is 0. The van der Waals surface area contributed by atoms with Crippen LogP contribution in [0, 0.1) is 17.5 Å². The number of rotatable bonds is 5. The lowest BCUT2D eigenvalue weighted by atomic mass is 10.1. The highest BCUT2D eigenvalue weighted by Gasteiger charge is 2.12. The molecular formula is C15H14F3NO2. The number of hydrogen-bond acceptors (Lipinski definition) is 3. The van der Waals surface area contributed by atoms with Gasteiger partial charge >= 0.3 is 0 Å². The molecule has 2 rings (SSSR count). The third-order valence-electron chi connectivity index (χ3n) is 2.99. The summed E-state index contributed by atoms with van der Waals surface area (Å²) in [5.41, 5.74) is 0.348. The van der Waals surface area contributed by atoms with Gasteiger partial charge in [0.15, 0.2) is 11.6 Å². The Morgan fingerprint density at radius 1 is 1.05 bits per heavy atom. The van der Waals surface area contributed by atoms with Gasteiger partial charge in [-0.2, -0.15) is 0 Å². The Hall–Kier alpha value is -2.21. The van der Waals surface area contributed by atoms with Crippen LogP contribution in [-0.4, -0.2) is 18.8 Å². The Bertz CT molecular complexity index is 634. The molecule has 0 spiro atoms. The molecule has 0 heterocycles. The number of anilines is 1. The monoisotopic (exact) mass is 297 g/mol. The molecule has 2 N–H and O–H groups in total. The molecule has 0 radical (unpaired) electrons. The van der Waals surface area contributed by atoms with Crippen molar-refractivity contribution in [2.75, 3.05) is 19.0 Å². The van der Waals surface area contributed by atoms with Gasteiger partial charge in [0.1, 0.15) is 11.6 Å². The van der Waals surface area contributed by atoms with Crippen molar-refractivity contribution >= 4 is 5.69 Å². The molecule has 21 heavy (non-hydrogen) atoms. The molecule has 3 nitrogen and oxygen atoms in total. The number of hydrogen-bond donors (Lipinski definition) is 2. The number of ether oxygens (including phenoxy) is 1. The second-order valence-corrected chi connectivity index (χ2v) is 4.42. The second-order valence-electron chi connectivity index (χ2n) is 4.42. The zero-order valence-corrected chi connectivity index (χ0v) is 11.2. The van der Waals surface area contributed by atoms with Crippen LogP contribution in [0.15, 0.2) is 36.4 Å². The number of benzene rings is 2. The highest BCUT2D eigenvalue weighted by atomic mass is 19.2. The number of aliphatic hydroxyl groups is 1. The molecule has 0 amide bonds. The number of halogens is 3. The van der Waals surface area contributed by atoms with Crippen LogP contribution in [-0.2, 0) is 0 Å². The first-order chi connectivity index (χ1) is 10.0. The summed E-state index contributed by atoms with van der Waals surface area (Å²) in [5, 5.41) is 12.6. The SMILES string of the molecule is COc1ccc(F)c(NCC(O)c2ccc(F)c(F)c2)c1. The van der Waals surface area contributed by atoms with Crippen molar-refractivity contribution in [2.24, 2.45) is 0 Å². The van der Waals surface area contributed by atoms with Crippen LogP contribution in [0.2, 0.25) is 0 Å². The number of nitrogens with one attached hydrogen (secondary N) is 1. The van der Waals surface area contributed by atoms with Gasteiger partial charge in [0, 0.05) is 12.6 Å². The van der Waals surface area contributed by atoms with Crippen molar-refractivity contribution in [3.8, 4) is 5.75 Å². The first-order valence-corrected chi connectivity index (χ1v) is 6.21. The van der Waals surface area contributed by atoms with E-state index in [1.165, 1.54) is 31.4 Å². The Morgan fingerprint density at radius 2 is 1.76 bits per heavy atom. The third kappa shape index (κ3) is 3.66. The van der Waals surface area contributed by atoms with Crippen LogP contribution in [0.3, 0.4) is 0 Å². The Balaban J connectivity index is 2.06. The van der Waals surface area contributed by atoms with E-state index < -0.39 is 23.6 Å². The van der Waals surface area contributed by atoms with Crippen molar-refractivity contribution in [3.05, 3.63) is 59.4 Å². The maximum Gasteiger partial charge on any atom is 0.159 e. The highest BCUT2D eigenvalue weighted by molar-refractivity contribution is 5.49. The van der Waals surface area contributed by atoms with Crippen molar-refractivity contribution in [1.82, 2.24) is 0 Å². The first kappa shape index (κ1) is 15.2. The van der Waals surface area contributed by atoms with Gasteiger partial charge < -0.3 is 15.2 Å². The summed E-state index contributed by atoms with van der Waals surface area (Å²) in [5.74, 6) is -2.08. The predicted molar refractivity (Wildman–Crippen MR) is 72.8 cm³/mol. The van der Waals surface area contributed by atoms with Gasteiger partial charge in [-0.1, -0.05) is 6.07 Å². The zero-order chi connectivity index (χ0) is 15.4. The first-order valence-electron chi connectivity index (χ1n) is 6.21. The molecule has 0 aliphatic carbocycles. The summed E-state index contributed by atoms with van der Waals surface area (Å²) in [6.07, 6.45) is -1.11. The van der Waals surface area contributed by atoms with E-state index in [-0.39, 0.29) is 17.8 Å². The van der Waals surface area contributed by atoms with Crippen LogP contribution >= 0.6 is 0 Å². The van der Waals surface area contributed by atoms with Crippen LogP contribution in [0.1, 0.15) is 11.7 Å². The molecule has 1 unspecified atom stereocenters. The molecule has 1 atom stereocenters. The molecule has 0 aromatic heterocycles. The Morgan fingerprint density at radius 3 is 2.43 bits per heavy atom. The van der Waals surface area contributed by atoms with Gasteiger partial charge in [-0.15, -0.1) is 0 Å². The maximum absolute atomic E-state index is 13.6. The average Bonchev–Trinajstić information content (AvgIpc) is 2.49. The van der Waals surface area contributed by atoms with Gasteiger partial charge in [0.05, 0.1) is 18.9 Å². The molecule has 2 aromatic rings. The molecule has 0 saturated heterocycles. The third-order valence-corrected chi connectivity index (χ3v) is 2.99. The van der Waals surface area contributed by atoms with Gasteiger partial charge in [0.2, 0.25) is 0 Å². The molecule has 0 bridgehead atoms. The number of aliphatic hydroxyl groups excluding tert-OH is 1. The molecule has 0 aliphatic rings. The lowest BCUT2D eigenvalue weighted by Gasteiger charge is -2.14. The van der Waals surface area contributed by atoms with E-state index in [1.54, 1.807) is 0 Å². The van der Waals surface area contributed by atoms with Crippen molar-refractivity contribution in [2.45, 2.75) is 6.10 Å². The van der Waals surface area contributed by atoms with E-state index in [1.807, 2.05) is 0 Å². The largest absolute Gasteiger partial charge is 0.497 e. The van der Waals surface area contributed by atoms with Crippen LogP contribution < -0.4 is 10.1 Å². The van der Waals surface area contributed by atoms with Crippen molar-refractivity contribution in [1.29, 1.82) is 0 Å². The maximum atomic E-state index is 13.6.